The van der Waals surface area contributed by atoms with Crippen LogP contribution in [0.25, 0.3) is 0 Å². The van der Waals surface area contributed by atoms with Crippen molar-refractivity contribution in [3.05, 3.63) is 34.2 Å². The predicted octanol–water partition coefficient (Wildman–Crippen LogP) is 1.31. The number of hydrogen-bond donors (Lipinski definition) is 1. The minimum absolute atomic E-state index is 0.134. The quantitative estimate of drug-likeness (QED) is 0.850. The molecule has 7 nitrogen and oxygen atoms in total. The molecule has 1 aromatic heterocycles. The lowest BCUT2D eigenvalue weighted by Gasteiger charge is -2.42. The van der Waals surface area contributed by atoms with Gasteiger partial charge in [0.05, 0.1) is 5.92 Å². The molecule has 3 aliphatic heterocycles. The lowest BCUT2D eigenvalue weighted by molar-refractivity contribution is -0.136. The monoisotopic (exact) mass is 386 g/mol. The molecule has 152 valence electrons. The number of carbonyl (C=O) groups is 2. The van der Waals surface area contributed by atoms with Crippen molar-refractivity contribution >= 4 is 11.8 Å². The Hall–Kier alpha value is -2.15. The molecule has 1 atom stereocenters. The van der Waals surface area contributed by atoms with E-state index in [1.807, 2.05) is 4.90 Å². The molecule has 1 unspecified atom stereocenters. The highest BCUT2D eigenvalue weighted by Crippen LogP contribution is 2.26. The van der Waals surface area contributed by atoms with Gasteiger partial charge in [0, 0.05) is 45.0 Å². The van der Waals surface area contributed by atoms with Crippen molar-refractivity contribution in [3.63, 3.8) is 0 Å². The molecule has 0 spiro atoms. The maximum absolute atomic E-state index is 12.8. The summed E-state index contributed by atoms with van der Waals surface area (Å²) in [6.45, 7) is 5.08. The van der Waals surface area contributed by atoms with Gasteiger partial charge >= 0.3 is 0 Å². The zero-order valence-corrected chi connectivity index (χ0v) is 16.4. The smallest absolute Gasteiger partial charge is 0.260 e. The largest absolute Gasteiger partial charge is 0.342 e. The van der Waals surface area contributed by atoms with Crippen LogP contribution in [0.1, 0.15) is 48.9 Å². The van der Waals surface area contributed by atoms with Crippen molar-refractivity contribution in [2.24, 2.45) is 5.92 Å². The number of likely N-dealkylation sites (tertiary alicyclic amines) is 3. The highest BCUT2D eigenvalue weighted by atomic mass is 16.2. The van der Waals surface area contributed by atoms with E-state index in [9.17, 15) is 14.4 Å². The first kappa shape index (κ1) is 19.2. The summed E-state index contributed by atoms with van der Waals surface area (Å²) >= 11 is 0. The average molecular weight is 386 g/mol. The summed E-state index contributed by atoms with van der Waals surface area (Å²) in [5.41, 5.74) is -0.107. The topological polar surface area (TPSA) is 76.7 Å². The van der Waals surface area contributed by atoms with E-state index in [0.29, 0.717) is 25.0 Å². The van der Waals surface area contributed by atoms with E-state index in [2.05, 4.69) is 9.88 Å². The van der Waals surface area contributed by atoms with Crippen molar-refractivity contribution in [2.45, 2.75) is 44.6 Å². The molecule has 28 heavy (non-hydrogen) atoms. The Labute approximate surface area is 165 Å². The fourth-order valence-electron chi connectivity index (χ4n) is 4.93. The molecular weight excluding hydrogens is 356 g/mol. The molecule has 0 saturated carbocycles. The molecule has 3 aliphatic rings. The van der Waals surface area contributed by atoms with Gasteiger partial charge in [0.1, 0.15) is 5.56 Å². The van der Waals surface area contributed by atoms with Gasteiger partial charge in [-0.3, -0.25) is 19.3 Å². The molecule has 7 heteroatoms. The molecule has 3 fully saturated rings. The number of aromatic nitrogens is 1. The fourth-order valence-corrected chi connectivity index (χ4v) is 4.93. The molecule has 0 aliphatic carbocycles. The molecular formula is C21H30N4O3. The SMILES string of the molecule is O=C(c1ccc[nH]c1=O)N1CCC(N2CCCC(C(=O)N3CCCC3)C2)CC1. The lowest BCUT2D eigenvalue weighted by Crippen LogP contribution is -2.52. The summed E-state index contributed by atoms with van der Waals surface area (Å²) in [6, 6.07) is 3.70. The molecule has 0 bridgehead atoms. The Bertz CT molecular complexity index is 763. The Morgan fingerprint density at radius 2 is 1.68 bits per heavy atom. The van der Waals surface area contributed by atoms with Crippen molar-refractivity contribution < 1.29 is 9.59 Å². The van der Waals surface area contributed by atoms with Crippen molar-refractivity contribution in [2.75, 3.05) is 39.3 Å². The van der Waals surface area contributed by atoms with Crippen LogP contribution in [0.15, 0.2) is 23.1 Å². The minimum Gasteiger partial charge on any atom is -0.342 e. The van der Waals surface area contributed by atoms with Crippen LogP contribution in [0.4, 0.5) is 0 Å². The number of nitrogens with one attached hydrogen (secondary N) is 1. The third kappa shape index (κ3) is 3.99. The van der Waals surface area contributed by atoms with Gasteiger partial charge in [-0.2, -0.15) is 0 Å². The van der Waals surface area contributed by atoms with Crippen molar-refractivity contribution in [3.8, 4) is 0 Å². The first-order valence-electron chi connectivity index (χ1n) is 10.6. The highest BCUT2D eigenvalue weighted by Gasteiger charge is 2.35. The number of piperidine rings is 2. The van der Waals surface area contributed by atoms with E-state index in [4.69, 9.17) is 0 Å². The first-order valence-corrected chi connectivity index (χ1v) is 10.6. The van der Waals surface area contributed by atoms with Crippen LogP contribution in [0.3, 0.4) is 0 Å². The average Bonchev–Trinajstić information content (AvgIpc) is 3.28. The van der Waals surface area contributed by atoms with Crippen LogP contribution in [-0.2, 0) is 4.79 Å². The van der Waals surface area contributed by atoms with E-state index in [1.54, 1.807) is 23.2 Å². The second kappa shape index (κ2) is 8.47. The lowest BCUT2D eigenvalue weighted by atomic mass is 9.92. The second-order valence-corrected chi connectivity index (χ2v) is 8.30. The summed E-state index contributed by atoms with van der Waals surface area (Å²) in [7, 11) is 0. The Balaban J connectivity index is 1.32. The third-order valence-electron chi connectivity index (χ3n) is 6.54. The molecule has 3 saturated heterocycles. The van der Waals surface area contributed by atoms with Gasteiger partial charge in [-0.05, 0) is 57.2 Å². The maximum Gasteiger partial charge on any atom is 0.260 e. The standard InChI is InChI=1S/C21H30N4O3/c26-19-18(6-3-9-22-19)21(28)24-13-7-17(8-14-24)25-12-4-5-16(15-25)20(27)23-10-1-2-11-23/h3,6,9,16-17H,1-2,4-5,7-8,10-15H2,(H,22,26). The zero-order valence-electron chi connectivity index (χ0n) is 16.4. The molecule has 2 amide bonds. The Morgan fingerprint density at radius 3 is 2.39 bits per heavy atom. The number of H-pyrrole nitrogens is 1. The van der Waals surface area contributed by atoms with Crippen LogP contribution in [0, 0.1) is 5.92 Å². The molecule has 4 heterocycles. The number of amides is 2. The van der Waals surface area contributed by atoms with Crippen LogP contribution in [-0.4, -0.2) is 76.8 Å². The van der Waals surface area contributed by atoms with Crippen molar-refractivity contribution in [1.82, 2.24) is 19.7 Å². The van der Waals surface area contributed by atoms with Crippen LogP contribution in [0.2, 0.25) is 0 Å². The number of hydrogen-bond acceptors (Lipinski definition) is 4. The number of nitrogens with zero attached hydrogens (tertiary/aromatic N) is 3. The number of carbonyl (C=O) groups excluding carboxylic acids is 2. The molecule has 1 N–H and O–H groups in total. The van der Waals surface area contributed by atoms with E-state index in [0.717, 1.165) is 64.7 Å². The van der Waals surface area contributed by atoms with Gasteiger partial charge in [0.25, 0.3) is 11.5 Å². The second-order valence-electron chi connectivity index (χ2n) is 8.30. The minimum atomic E-state index is -0.325. The normalized spacial score (nSPS) is 24.5. The summed E-state index contributed by atoms with van der Waals surface area (Å²) < 4.78 is 0. The van der Waals surface area contributed by atoms with Gasteiger partial charge in [-0.1, -0.05) is 0 Å². The van der Waals surface area contributed by atoms with Crippen molar-refractivity contribution in [1.29, 1.82) is 0 Å². The molecule has 0 radical (unpaired) electrons. The van der Waals surface area contributed by atoms with Gasteiger partial charge in [0.2, 0.25) is 5.91 Å². The summed E-state index contributed by atoms with van der Waals surface area (Å²) in [4.78, 5) is 46.2. The van der Waals surface area contributed by atoms with Gasteiger partial charge in [0.15, 0.2) is 0 Å². The van der Waals surface area contributed by atoms with Crippen LogP contribution >= 0.6 is 0 Å². The number of pyridine rings is 1. The van der Waals surface area contributed by atoms with E-state index >= 15 is 0 Å². The summed E-state index contributed by atoms with van der Waals surface area (Å²) in [5, 5.41) is 0. The zero-order chi connectivity index (χ0) is 19.5. The molecule has 1 aromatic rings. The van der Waals surface area contributed by atoms with Crippen LogP contribution < -0.4 is 5.56 Å². The third-order valence-corrected chi connectivity index (χ3v) is 6.54. The maximum atomic E-state index is 12.8. The first-order chi connectivity index (χ1) is 13.6. The Kier molecular flexibility index (Phi) is 5.80. The fraction of sp³-hybridized carbons (Fsp3) is 0.667. The molecule has 4 rings (SSSR count). The van der Waals surface area contributed by atoms with Gasteiger partial charge in [-0.25, -0.2) is 0 Å². The molecule has 0 aromatic carbocycles. The van der Waals surface area contributed by atoms with Crippen LogP contribution in [0.5, 0.6) is 0 Å². The van der Waals surface area contributed by atoms with E-state index < -0.39 is 0 Å². The van der Waals surface area contributed by atoms with Gasteiger partial charge in [-0.15, -0.1) is 0 Å². The predicted molar refractivity (Wildman–Crippen MR) is 106 cm³/mol. The summed E-state index contributed by atoms with van der Waals surface area (Å²) in [6.07, 6.45) is 7.70. The Morgan fingerprint density at radius 1 is 0.929 bits per heavy atom. The summed E-state index contributed by atoms with van der Waals surface area (Å²) in [5.74, 6) is 0.300. The van der Waals surface area contributed by atoms with E-state index in [-0.39, 0.29) is 22.9 Å². The van der Waals surface area contributed by atoms with Gasteiger partial charge < -0.3 is 14.8 Å². The number of rotatable bonds is 3. The number of aromatic amines is 1. The van der Waals surface area contributed by atoms with E-state index in [1.165, 1.54) is 0 Å². The highest BCUT2D eigenvalue weighted by molar-refractivity contribution is 5.93.